The number of aryl methyl sites for hydroxylation is 1. The van der Waals surface area contributed by atoms with Crippen molar-refractivity contribution < 1.29 is 8.42 Å². The molecule has 1 aliphatic carbocycles. The van der Waals surface area contributed by atoms with Gasteiger partial charge in [0.15, 0.2) is 5.03 Å². The quantitative estimate of drug-likeness (QED) is 0.794. The Hall–Kier alpha value is -0.880. The summed E-state index contributed by atoms with van der Waals surface area (Å²) in [5.74, 6) is 0.447. The Morgan fingerprint density at radius 2 is 2.29 bits per heavy atom. The molecule has 0 saturated heterocycles. The van der Waals surface area contributed by atoms with E-state index in [0.717, 1.165) is 18.5 Å². The lowest BCUT2D eigenvalue weighted by molar-refractivity contribution is 0.553. The minimum absolute atomic E-state index is 0.127. The van der Waals surface area contributed by atoms with Crippen molar-refractivity contribution in [2.75, 3.05) is 0 Å². The van der Waals surface area contributed by atoms with Crippen molar-refractivity contribution in [1.82, 2.24) is 9.78 Å². The molecule has 1 fully saturated rings. The highest BCUT2D eigenvalue weighted by atomic mass is 32.2. The van der Waals surface area contributed by atoms with Gasteiger partial charge in [-0.2, -0.15) is 5.10 Å². The molecule has 0 aromatic carbocycles. The smallest absolute Gasteiger partial charge is 0.253 e. The molecule has 78 valence electrons. The van der Waals surface area contributed by atoms with Crippen LogP contribution in [-0.4, -0.2) is 18.2 Å². The van der Waals surface area contributed by atoms with Gasteiger partial charge in [-0.25, -0.2) is 13.6 Å². The molecule has 1 saturated carbocycles. The average molecular weight is 215 g/mol. The number of nitrogens with zero attached hydrogens (tertiary/aromatic N) is 2. The third-order valence-electron chi connectivity index (χ3n) is 2.35. The number of aromatic nitrogens is 2. The van der Waals surface area contributed by atoms with Gasteiger partial charge in [0, 0.05) is 18.5 Å². The molecule has 0 aliphatic heterocycles. The second-order valence-corrected chi connectivity index (χ2v) is 5.05. The van der Waals surface area contributed by atoms with E-state index in [2.05, 4.69) is 5.10 Å². The van der Waals surface area contributed by atoms with Gasteiger partial charge in [-0.05, 0) is 19.8 Å². The van der Waals surface area contributed by atoms with Crippen LogP contribution in [0.4, 0.5) is 0 Å². The summed E-state index contributed by atoms with van der Waals surface area (Å²) in [5.41, 5.74) is 0.857. The Labute approximate surface area is 83.0 Å². The van der Waals surface area contributed by atoms with Crippen LogP contribution in [0.1, 0.15) is 31.4 Å². The molecule has 0 atom stereocenters. The summed E-state index contributed by atoms with van der Waals surface area (Å²) in [6.07, 6.45) is 2.20. The van der Waals surface area contributed by atoms with E-state index >= 15 is 0 Å². The van der Waals surface area contributed by atoms with Crippen molar-refractivity contribution in [1.29, 1.82) is 0 Å². The van der Waals surface area contributed by atoms with E-state index in [0.29, 0.717) is 12.5 Å². The Kier molecular flexibility index (Phi) is 2.11. The van der Waals surface area contributed by atoms with Crippen LogP contribution in [-0.2, 0) is 16.6 Å². The van der Waals surface area contributed by atoms with Crippen LogP contribution in [0.2, 0.25) is 0 Å². The second kappa shape index (κ2) is 3.06. The summed E-state index contributed by atoms with van der Waals surface area (Å²) in [4.78, 5) is 0. The first-order valence-electron chi connectivity index (χ1n) is 4.63. The molecule has 14 heavy (non-hydrogen) atoms. The minimum atomic E-state index is -3.63. The third kappa shape index (κ3) is 1.67. The monoisotopic (exact) mass is 215 g/mol. The van der Waals surface area contributed by atoms with Crippen LogP contribution >= 0.6 is 0 Å². The molecular formula is C8H13N3O2S. The minimum Gasteiger partial charge on any atom is -0.253 e. The van der Waals surface area contributed by atoms with Crippen molar-refractivity contribution in [3.8, 4) is 0 Å². The van der Waals surface area contributed by atoms with E-state index < -0.39 is 10.0 Å². The maximum absolute atomic E-state index is 11.2. The maximum atomic E-state index is 11.2. The molecule has 0 bridgehead atoms. The van der Waals surface area contributed by atoms with Crippen LogP contribution in [0.5, 0.6) is 0 Å². The maximum Gasteiger partial charge on any atom is 0.255 e. The highest BCUT2D eigenvalue weighted by Gasteiger charge is 2.29. The Morgan fingerprint density at radius 3 is 2.64 bits per heavy atom. The van der Waals surface area contributed by atoms with Gasteiger partial charge in [0.05, 0.1) is 5.69 Å². The summed E-state index contributed by atoms with van der Waals surface area (Å²) in [6, 6.07) is 1.59. The molecule has 1 heterocycles. The van der Waals surface area contributed by atoms with E-state index in [9.17, 15) is 8.42 Å². The first-order valence-corrected chi connectivity index (χ1v) is 6.17. The predicted octanol–water partition coefficient (Wildman–Crippen LogP) is 0.428. The highest BCUT2D eigenvalue weighted by Crippen LogP contribution is 2.39. The molecule has 5 nitrogen and oxygen atoms in total. The molecule has 1 aromatic rings. The number of hydrogen-bond acceptors (Lipinski definition) is 3. The molecule has 6 heteroatoms. The number of primary sulfonamides is 1. The Morgan fingerprint density at radius 1 is 1.64 bits per heavy atom. The zero-order valence-electron chi connectivity index (χ0n) is 7.97. The molecule has 0 amide bonds. The molecule has 2 N–H and O–H groups in total. The molecule has 0 unspecified atom stereocenters. The molecule has 0 spiro atoms. The average Bonchev–Trinajstić information content (AvgIpc) is 2.83. The second-order valence-electron chi connectivity index (χ2n) is 3.54. The van der Waals surface area contributed by atoms with Gasteiger partial charge in [0.25, 0.3) is 10.0 Å². The van der Waals surface area contributed by atoms with Crippen molar-refractivity contribution in [2.24, 2.45) is 5.14 Å². The first-order chi connectivity index (χ1) is 6.52. The van der Waals surface area contributed by atoms with Gasteiger partial charge in [0.1, 0.15) is 0 Å². The fourth-order valence-corrected chi connectivity index (χ4v) is 2.20. The molecule has 1 aliphatic rings. The summed E-state index contributed by atoms with van der Waals surface area (Å²) in [7, 11) is -3.63. The van der Waals surface area contributed by atoms with Gasteiger partial charge in [0.2, 0.25) is 0 Å². The van der Waals surface area contributed by atoms with Gasteiger partial charge in [-0.3, -0.25) is 4.68 Å². The Bertz CT molecular complexity index is 445. The number of sulfonamides is 1. The number of rotatable bonds is 3. The predicted molar refractivity (Wildman–Crippen MR) is 51.2 cm³/mol. The lowest BCUT2D eigenvalue weighted by Gasteiger charge is -1.99. The molecule has 0 radical (unpaired) electrons. The van der Waals surface area contributed by atoms with Crippen LogP contribution in [0, 0.1) is 0 Å². The van der Waals surface area contributed by atoms with Crippen LogP contribution in [0.3, 0.4) is 0 Å². The summed E-state index contributed by atoms with van der Waals surface area (Å²) >= 11 is 0. The SMILES string of the molecule is CCn1nc(C2CC2)cc1S(N)(=O)=O. The lowest BCUT2D eigenvalue weighted by atomic mass is 10.3. The summed E-state index contributed by atoms with van der Waals surface area (Å²) in [5, 5.41) is 9.42. The lowest BCUT2D eigenvalue weighted by Crippen LogP contribution is -2.17. The van der Waals surface area contributed by atoms with E-state index in [1.807, 2.05) is 6.92 Å². The van der Waals surface area contributed by atoms with Crippen molar-refractivity contribution in [3.05, 3.63) is 11.8 Å². The van der Waals surface area contributed by atoms with Crippen LogP contribution in [0.25, 0.3) is 0 Å². The topological polar surface area (TPSA) is 78.0 Å². The Balaban J connectivity index is 2.47. The van der Waals surface area contributed by atoms with Gasteiger partial charge in [-0.1, -0.05) is 0 Å². The standard InChI is InChI=1S/C8H13N3O2S/c1-2-11-8(14(9,12)13)5-7(10-11)6-3-4-6/h5-6H,2-4H2,1H3,(H2,9,12,13). The third-order valence-corrected chi connectivity index (χ3v) is 3.26. The van der Waals surface area contributed by atoms with Gasteiger partial charge in [-0.15, -0.1) is 0 Å². The van der Waals surface area contributed by atoms with Crippen molar-refractivity contribution >= 4 is 10.0 Å². The zero-order valence-corrected chi connectivity index (χ0v) is 8.79. The van der Waals surface area contributed by atoms with Crippen molar-refractivity contribution in [3.63, 3.8) is 0 Å². The number of nitrogens with two attached hydrogens (primary N) is 1. The zero-order chi connectivity index (χ0) is 10.3. The van der Waals surface area contributed by atoms with E-state index in [1.54, 1.807) is 6.07 Å². The van der Waals surface area contributed by atoms with Gasteiger partial charge < -0.3 is 0 Å². The van der Waals surface area contributed by atoms with E-state index in [-0.39, 0.29) is 5.03 Å². The largest absolute Gasteiger partial charge is 0.255 e. The van der Waals surface area contributed by atoms with E-state index in [4.69, 9.17) is 5.14 Å². The normalized spacial score (nSPS) is 17.3. The molecule has 1 aromatic heterocycles. The highest BCUT2D eigenvalue weighted by molar-refractivity contribution is 7.89. The fourth-order valence-electron chi connectivity index (χ4n) is 1.45. The fraction of sp³-hybridized carbons (Fsp3) is 0.625. The van der Waals surface area contributed by atoms with Gasteiger partial charge >= 0.3 is 0 Å². The van der Waals surface area contributed by atoms with E-state index in [1.165, 1.54) is 4.68 Å². The van der Waals surface area contributed by atoms with Crippen LogP contribution < -0.4 is 5.14 Å². The summed E-state index contributed by atoms with van der Waals surface area (Å²) < 4.78 is 23.8. The number of hydrogen-bond donors (Lipinski definition) is 1. The molecular weight excluding hydrogens is 202 g/mol. The van der Waals surface area contributed by atoms with Crippen LogP contribution in [0.15, 0.2) is 11.1 Å². The first kappa shape index (κ1) is 9.67. The summed E-state index contributed by atoms with van der Waals surface area (Å²) in [6.45, 7) is 2.37. The molecule has 2 rings (SSSR count). The van der Waals surface area contributed by atoms with Crippen molar-refractivity contribution in [2.45, 2.75) is 37.3 Å².